The first kappa shape index (κ1) is 18.1. The van der Waals surface area contributed by atoms with E-state index in [4.69, 9.17) is 31.2 Å². The number of ether oxygens (including phenoxy) is 2. The van der Waals surface area contributed by atoms with E-state index >= 15 is 0 Å². The monoisotopic (exact) mass is 404 g/mol. The van der Waals surface area contributed by atoms with E-state index in [2.05, 4.69) is 15.1 Å². The molecule has 7 nitrogen and oxygen atoms in total. The Bertz CT molecular complexity index is 859. The quantitative estimate of drug-likeness (QED) is 0.777. The molecule has 8 heteroatoms. The van der Waals surface area contributed by atoms with Crippen molar-refractivity contribution in [3.8, 4) is 23.0 Å². The Morgan fingerprint density at radius 2 is 1.82 bits per heavy atom. The molecule has 0 unspecified atom stereocenters. The molecular formula is C20H25ClN4O3. The third-order valence-corrected chi connectivity index (χ3v) is 6.46. The zero-order chi connectivity index (χ0) is 19.1. The van der Waals surface area contributed by atoms with Gasteiger partial charge in [-0.25, -0.2) is 0 Å². The molecule has 150 valence electrons. The Hall–Kier alpha value is -1.99. The van der Waals surface area contributed by atoms with Gasteiger partial charge in [0.25, 0.3) is 5.89 Å². The van der Waals surface area contributed by atoms with Crippen LogP contribution < -0.4 is 15.2 Å². The van der Waals surface area contributed by atoms with Crippen LogP contribution in [0.3, 0.4) is 0 Å². The number of rotatable bonds is 4. The Balaban J connectivity index is 1.32. The van der Waals surface area contributed by atoms with Crippen LogP contribution >= 0.6 is 11.6 Å². The third kappa shape index (κ3) is 3.31. The lowest BCUT2D eigenvalue weighted by atomic mass is 9.84. The molecule has 2 aliphatic heterocycles. The van der Waals surface area contributed by atoms with Crippen molar-refractivity contribution in [2.75, 3.05) is 38.6 Å². The number of hydrogen-bond donors (Lipinski definition) is 1. The van der Waals surface area contributed by atoms with Gasteiger partial charge in [0.1, 0.15) is 13.2 Å². The van der Waals surface area contributed by atoms with Crippen LogP contribution in [0.15, 0.2) is 10.5 Å². The molecule has 0 spiro atoms. The molecule has 3 aliphatic rings. The average Bonchev–Trinajstić information content (AvgIpc) is 3.18. The van der Waals surface area contributed by atoms with Crippen molar-refractivity contribution in [3.63, 3.8) is 0 Å². The molecule has 3 heterocycles. The summed E-state index contributed by atoms with van der Waals surface area (Å²) in [6, 6.07) is 1.71. The number of nitrogens with two attached hydrogens (primary N) is 1. The molecule has 2 aromatic rings. The van der Waals surface area contributed by atoms with E-state index < -0.39 is 0 Å². The summed E-state index contributed by atoms with van der Waals surface area (Å²) in [7, 11) is 0. The summed E-state index contributed by atoms with van der Waals surface area (Å²) >= 11 is 6.27. The Labute approximate surface area is 169 Å². The molecule has 1 aromatic heterocycles. The number of nitrogen functional groups attached to an aromatic ring is 1. The molecule has 2 fully saturated rings. The summed E-state index contributed by atoms with van der Waals surface area (Å²) in [5, 5.41) is 8.98. The summed E-state index contributed by atoms with van der Waals surface area (Å²) in [5.41, 5.74) is 7.03. The van der Waals surface area contributed by atoms with Crippen LogP contribution in [0.4, 0.5) is 5.69 Å². The van der Waals surface area contributed by atoms with E-state index in [-0.39, 0.29) is 0 Å². The van der Waals surface area contributed by atoms with Crippen molar-refractivity contribution < 1.29 is 13.9 Å². The smallest absolute Gasteiger partial charge is 0.251 e. The molecular weight excluding hydrogens is 380 g/mol. The number of hydrogen-bond acceptors (Lipinski definition) is 7. The third-order valence-electron chi connectivity index (χ3n) is 6.15. The summed E-state index contributed by atoms with van der Waals surface area (Å²) in [6.07, 6.45) is 6.29. The van der Waals surface area contributed by atoms with Crippen LogP contribution in [0.25, 0.3) is 11.5 Å². The largest absolute Gasteiger partial charge is 0.485 e. The van der Waals surface area contributed by atoms with Crippen molar-refractivity contribution in [2.24, 2.45) is 5.92 Å². The Kier molecular flexibility index (Phi) is 4.80. The lowest BCUT2D eigenvalue weighted by molar-refractivity contribution is 0.141. The van der Waals surface area contributed by atoms with E-state index in [0.717, 1.165) is 31.8 Å². The molecule has 1 saturated heterocycles. The van der Waals surface area contributed by atoms with Crippen LogP contribution in [-0.2, 0) is 0 Å². The number of aromatic nitrogens is 2. The predicted octanol–water partition coefficient (Wildman–Crippen LogP) is 3.72. The number of halogens is 1. The summed E-state index contributed by atoms with van der Waals surface area (Å²) in [5.74, 6) is 3.29. The molecule has 0 atom stereocenters. The molecule has 1 aromatic carbocycles. The lowest BCUT2D eigenvalue weighted by Crippen LogP contribution is -2.38. The van der Waals surface area contributed by atoms with Crippen LogP contribution in [0.5, 0.6) is 11.5 Å². The first-order valence-corrected chi connectivity index (χ1v) is 10.5. The summed E-state index contributed by atoms with van der Waals surface area (Å²) in [6.45, 7) is 4.32. The Morgan fingerprint density at radius 1 is 1.07 bits per heavy atom. The fourth-order valence-electron chi connectivity index (χ4n) is 4.27. The minimum Gasteiger partial charge on any atom is -0.485 e. The minimum atomic E-state index is 0.302. The molecule has 2 N–H and O–H groups in total. The fraction of sp³-hybridized carbons (Fsp3) is 0.600. The maximum atomic E-state index is 6.27. The first-order chi connectivity index (χ1) is 13.7. The molecule has 1 saturated carbocycles. The highest BCUT2D eigenvalue weighted by molar-refractivity contribution is 6.34. The molecule has 1 aliphatic carbocycles. The SMILES string of the molecule is Nc1c(Cl)cc(-c2nnc(C3CCN(CC4CCC4)CC3)o2)c2c1OCCO2. The van der Waals surface area contributed by atoms with Gasteiger partial charge in [-0.3, -0.25) is 0 Å². The fourth-order valence-corrected chi connectivity index (χ4v) is 4.46. The van der Waals surface area contributed by atoms with Gasteiger partial charge >= 0.3 is 0 Å². The van der Waals surface area contributed by atoms with E-state index in [1.165, 1.54) is 25.8 Å². The number of piperidine rings is 1. The van der Waals surface area contributed by atoms with Crippen molar-refractivity contribution >= 4 is 17.3 Å². The van der Waals surface area contributed by atoms with Crippen molar-refractivity contribution in [1.29, 1.82) is 0 Å². The average molecular weight is 405 g/mol. The molecule has 0 amide bonds. The van der Waals surface area contributed by atoms with Gasteiger partial charge in [0.2, 0.25) is 5.89 Å². The van der Waals surface area contributed by atoms with Gasteiger partial charge in [-0.2, -0.15) is 0 Å². The van der Waals surface area contributed by atoms with Crippen LogP contribution in [0.2, 0.25) is 5.02 Å². The highest BCUT2D eigenvalue weighted by atomic mass is 35.5. The number of benzene rings is 1. The van der Waals surface area contributed by atoms with Gasteiger partial charge in [-0.1, -0.05) is 18.0 Å². The van der Waals surface area contributed by atoms with Gasteiger partial charge in [0.15, 0.2) is 11.5 Å². The van der Waals surface area contributed by atoms with Crippen molar-refractivity contribution in [3.05, 3.63) is 17.0 Å². The van der Waals surface area contributed by atoms with Crippen molar-refractivity contribution in [1.82, 2.24) is 15.1 Å². The maximum Gasteiger partial charge on any atom is 0.251 e. The van der Waals surface area contributed by atoms with Crippen LogP contribution in [-0.4, -0.2) is 47.9 Å². The first-order valence-electron chi connectivity index (χ1n) is 10.1. The second kappa shape index (κ2) is 7.44. The highest BCUT2D eigenvalue weighted by Gasteiger charge is 2.30. The zero-order valence-corrected chi connectivity index (χ0v) is 16.6. The normalized spacial score (nSPS) is 20.9. The van der Waals surface area contributed by atoms with Gasteiger partial charge in [-0.05, 0) is 50.8 Å². The van der Waals surface area contributed by atoms with E-state index in [0.29, 0.717) is 58.7 Å². The van der Waals surface area contributed by atoms with Crippen molar-refractivity contribution in [2.45, 2.75) is 38.0 Å². The number of likely N-dealkylation sites (tertiary alicyclic amines) is 1. The minimum absolute atomic E-state index is 0.302. The molecule has 0 radical (unpaired) electrons. The standard InChI is InChI=1S/C20H25ClN4O3/c21-15-10-14(17-18(16(15)22)27-9-8-26-17)20-24-23-19(28-20)13-4-6-25(7-5-13)11-12-2-1-3-12/h10,12-13H,1-9,11,22H2. The van der Waals surface area contributed by atoms with E-state index in [9.17, 15) is 0 Å². The maximum absolute atomic E-state index is 6.27. The Morgan fingerprint density at radius 3 is 2.54 bits per heavy atom. The highest BCUT2D eigenvalue weighted by Crippen LogP contribution is 2.47. The van der Waals surface area contributed by atoms with Gasteiger partial charge < -0.3 is 24.5 Å². The molecule has 5 rings (SSSR count). The van der Waals surface area contributed by atoms with Gasteiger partial charge in [-0.15, -0.1) is 10.2 Å². The lowest BCUT2D eigenvalue weighted by Gasteiger charge is -2.36. The number of nitrogens with zero attached hydrogens (tertiary/aromatic N) is 3. The predicted molar refractivity (Wildman–Crippen MR) is 106 cm³/mol. The molecule has 28 heavy (non-hydrogen) atoms. The number of fused-ring (bicyclic) bond motifs is 1. The zero-order valence-electron chi connectivity index (χ0n) is 15.8. The number of anilines is 1. The van der Waals surface area contributed by atoms with E-state index in [1.54, 1.807) is 6.07 Å². The van der Waals surface area contributed by atoms with Gasteiger partial charge in [0, 0.05) is 12.5 Å². The van der Waals surface area contributed by atoms with E-state index in [1.807, 2.05) is 0 Å². The molecule has 0 bridgehead atoms. The second-order valence-electron chi connectivity index (χ2n) is 7.99. The van der Waals surface area contributed by atoms with Crippen LogP contribution in [0, 0.1) is 5.92 Å². The topological polar surface area (TPSA) is 86.6 Å². The second-order valence-corrected chi connectivity index (χ2v) is 8.40. The summed E-state index contributed by atoms with van der Waals surface area (Å²) in [4.78, 5) is 2.58. The van der Waals surface area contributed by atoms with Crippen LogP contribution in [0.1, 0.15) is 43.9 Å². The summed E-state index contributed by atoms with van der Waals surface area (Å²) < 4.78 is 17.5. The van der Waals surface area contributed by atoms with Gasteiger partial charge in [0.05, 0.1) is 16.3 Å².